The van der Waals surface area contributed by atoms with Crippen LogP contribution in [0.2, 0.25) is 0 Å². The first-order valence-electron chi connectivity index (χ1n) is 36.1. The minimum absolute atomic E-state index is 0. The van der Waals surface area contributed by atoms with Gasteiger partial charge in [-0.15, -0.1) is 179 Å². The molecule has 0 aromatic heterocycles. The number of hydrogen-bond donors (Lipinski definition) is 5. The third kappa shape index (κ3) is 41.8. The number of aliphatic imine (C=N–C) groups is 5. The number of aliphatic hydroxyl groups excluding tert-OH is 5. The minimum Gasteiger partial charge on any atom is -0.512 e. The fourth-order valence-corrected chi connectivity index (χ4v) is 10.9. The van der Waals surface area contributed by atoms with Gasteiger partial charge in [-0.1, -0.05) is 57.7 Å². The van der Waals surface area contributed by atoms with Crippen LogP contribution in [0, 0.1) is 41.2 Å². The van der Waals surface area contributed by atoms with Crippen molar-refractivity contribution in [3.63, 3.8) is 0 Å². The molecule has 36 heteroatoms. The van der Waals surface area contributed by atoms with E-state index in [4.69, 9.17) is 54.5 Å². The fraction of sp³-hybridized carbons (Fsp3) is 0.278. The first-order chi connectivity index (χ1) is 56.0. The molecule has 0 aliphatic carbocycles. The Morgan fingerprint density at radius 1 is 0.429 bits per heavy atom. The van der Waals surface area contributed by atoms with Crippen LogP contribution in [0.1, 0.15) is 139 Å². The number of thioether (sulfide) groups is 1. The third-order valence-corrected chi connectivity index (χ3v) is 16.2. The number of amides is 3. The molecule has 0 spiro atoms. The van der Waals surface area contributed by atoms with Crippen molar-refractivity contribution >= 4 is 104 Å². The van der Waals surface area contributed by atoms with E-state index in [0.717, 1.165) is 58.6 Å². The Labute approximate surface area is 796 Å². The smallest absolute Gasteiger partial charge is 0.403 e. The molecule has 0 atom stereocenters. The standard InChI is InChI=1S/C18H17N2O.C14H16NOS.C11H4F8N.C11H7FNO.C11H6NO2.5C5H8O2.5Ir/c1-18(2)13-20(15-11-7-4-8-12-15)17(21)19-16(18)14-9-5-3-6-10-14;1-13(2)11(10-8-6-5-7-9-10)15-14(3,4)17-12(13)16;12-8(13)7(6-4-2-1-3-5-6)20-11(18,19)10(16,17)9(8,14)15;12-9-6-10(14)11(13-7-9)8-4-2-1-3-5-8;13-9-6-7-10(14)12-11(9)8-4-2-1-3-5-8;5*1-4(6)3-5(2)7;;;;;/h3-9,11-12H,13H2,1-2H3;5-8H,1-4H3;1-4H;1-4,6H,7H2;1-4,6-7H;5*3,6H,1-2H3;;;;;/q5*-1;;;;;;;;;;/p+5. The van der Waals surface area contributed by atoms with E-state index in [9.17, 15) is 63.5 Å². The van der Waals surface area contributed by atoms with Crippen molar-refractivity contribution in [1.82, 2.24) is 0 Å². The monoisotopic (exact) mass is 2670 g/mol. The number of aliphatic hydroxyl groups is 5. The summed E-state index contributed by atoms with van der Waals surface area (Å²) in [4.78, 5) is 120. The van der Waals surface area contributed by atoms with Gasteiger partial charge in [-0.2, -0.15) is 26.3 Å². The van der Waals surface area contributed by atoms with Crippen molar-refractivity contribution in [3.05, 3.63) is 293 Å². The van der Waals surface area contributed by atoms with Crippen LogP contribution in [-0.4, -0.2) is 177 Å². The number of para-hydroxylation sites is 1. The topological polar surface area (TPSA) is 359 Å². The summed E-state index contributed by atoms with van der Waals surface area (Å²) in [5.41, 5.74) is 2.15. The zero-order valence-corrected chi connectivity index (χ0v) is 83.4. The van der Waals surface area contributed by atoms with Gasteiger partial charge in [-0.3, -0.25) is 58.0 Å². The van der Waals surface area contributed by atoms with Crippen LogP contribution in [-0.2, 0) is 120 Å². The SMILES string of the molecule is CC(=[OH+])C=C(C)O.CC(=[OH+])C=C(C)O.CC(=[OH+])C=C(C)O.CC(=[OH+])C=C(C)O.CC(=[OH+])C=C(C)O.CC1(C)CN(c2ccccc2)C(=O)N=C1c1[c-]cccc1.CC1(C)N=C(c2[c-]cccc2)C(C)(C)C(=O)S1.FC1(F)N=C(c2[c-]cccc2)C(F)(F)C(F)(F)C1(F)F.O=C1C=C(F)CN=C1c1[c-]cccc1.O=C1C=CC(=O)C(c2[c-]cccc2)=N1.[Ir].[Ir].[Ir].[Ir].[Ir]. The Balaban J connectivity index is -0.000000672. The van der Waals surface area contributed by atoms with Crippen molar-refractivity contribution in [2.45, 2.75) is 139 Å². The molecular weight excluding hydrogens is 2570 g/mol. The molecule has 689 valence electrons. The molecule has 6 aromatic carbocycles. The van der Waals surface area contributed by atoms with Gasteiger partial charge in [0.25, 0.3) is 5.91 Å². The van der Waals surface area contributed by atoms with Gasteiger partial charge in [0.1, 0.15) is 5.83 Å². The maximum absolute atomic E-state index is 13.5. The van der Waals surface area contributed by atoms with E-state index in [0.29, 0.717) is 17.7 Å². The molecular formula is C90H95F9Ir5N6O15S. The van der Waals surface area contributed by atoms with Crippen molar-refractivity contribution < 1.29 is 214 Å². The van der Waals surface area contributed by atoms with E-state index in [1.807, 2.05) is 118 Å². The van der Waals surface area contributed by atoms with Crippen molar-refractivity contribution in [2.24, 2.45) is 35.8 Å². The van der Waals surface area contributed by atoms with Gasteiger partial charge in [0.05, 0.1) is 105 Å². The number of rotatable bonds is 11. The van der Waals surface area contributed by atoms with Gasteiger partial charge < -0.3 is 35.5 Å². The molecule has 0 fully saturated rings. The number of benzene rings is 6. The zero-order chi connectivity index (χ0) is 92.2. The molecule has 126 heavy (non-hydrogen) atoms. The Morgan fingerprint density at radius 2 is 0.770 bits per heavy atom. The van der Waals surface area contributed by atoms with Crippen LogP contribution in [0.5, 0.6) is 0 Å². The molecule has 11 rings (SSSR count). The van der Waals surface area contributed by atoms with E-state index in [-0.39, 0.29) is 203 Å². The average Bonchev–Trinajstić information content (AvgIpc) is 0.701. The van der Waals surface area contributed by atoms with E-state index in [2.05, 4.69) is 53.1 Å². The molecule has 3 amide bonds. The summed E-state index contributed by atoms with van der Waals surface area (Å²) in [6, 6.07) is 51.1. The van der Waals surface area contributed by atoms with Crippen molar-refractivity contribution in [2.75, 3.05) is 18.0 Å². The number of urea groups is 1. The van der Waals surface area contributed by atoms with Gasteiger partial charge in [0.15, 0.2) is 16.7 Å². The molecule has 21 nitrogen and oxygen atoms in total. The molecule has 6 aromatic rings. The number of allylic oxidation sites excluding steroid dienone is 12. The number of ketones is 7. The second-order valence-corrected chi connectivity index (χ2v) is 29.4. The van der Waals surface area contributed by atoms with Crippen molar-refractivity contribution in [3.8, 4) is 0 Å². The van der Waals surface area contributed by atoms with Crippen LogP contribution < -0.4 is 4.90 Å². The van der Waals surface area contributed by atoms with Gasteiger partial charge in [-0.25, -0.2) is 23.0 Å². The first kappa shape index (κ1) is 123. The Hall–Kier alpha value is -9.68. The maximum atomic E-state index is 13.5. The van der Waals surface area contributed by atoms with Crippen LogP contribution >= 0.6 is 11.8 Å². The number of dihydropyridines is 2. The molecule has 10 N–H and O–H groups in total. The molecule has 0 unspecified atom stereocenters. The largest absolute Gasteiger partial charge is 0.512 e. The van der Waals surface area contributed by atoms with Crippen LogP contribution in [0.3, 0.4) is 0 Å². The summed E-state index contributed by atoms with van der Waals surface area (Å²) in [5.74, 6) is -18.4. The second kappa shape index (κ2) is 57.2. The van der Waals surface area contributed by atoms with E-state index >= 15 is 0 Å². The molecule has 0 saturated carbocycles. The van der Waals surface area contributed by atoms with Crippen LogP contribution in [0.25, 0.3) is 0 Å². The zero-order valence-electron chi connectivity index (χ0n) is 70.6. The normalized spacial score (nSPS) is 16.7. The van der Waals surface area contributed by atoms with Gasteiger partial charge in [0, 0.05) is 147 Å². The molecule has 0 saturated heterocycles. The number of anilines is 1. The van der Waals surface area contributed by atoms with E-state index in [1.54, 1.807) is 53.4 Å². The second-order valence-electron chi connectivity index (χ2n) is 27.8. The Bertz CT molecular complexity index is 4890. The van der Waals surface area contributed by atoms with Gasteiger partial charge >= 0.3 is 58.8 Å². The number of halogens is 9. The average molecular weight is 2660 g/mol. The predicted octanol–water partition coefficient (Wildman–Crippen LogP) is 18.7. The summed E-state index contributed by atoms with van der Waals surface area (Å²) in [7, 11) is 0. The van der Waals surface area contributed by atoms with Crippen LogP contribution in [0.4, 0.5) is 50.0 Å². The fourth-order valence-electron chi connectivity index (χ4n) is 9.95. The summed E-state index contributed by atoms with van der Waals surface area (Å²) in [5, 5.41) is 42.2. The summed E-state index contributed by atoms with van der Waals surface area (Å²) in [6.07, 6.45) is 9.75. The molecule has 5 aliphatic heterocycles. The number of carbonyl (C=O) groups is 5. The summed E-state index contributed by atoms with van der Waals surface area (Å²) < 4.78 is 117. The maximum Gasteiger partial charge on any atom is 0.403 e. The van der Waals surface area contributed by atoms with E-state index in [1.165, 1.54) is 124 Å². The number of nitrogens with zero attached hydrogens (tertiary/aromatic N) is 6. The number of carbonyl (C=O) groups excluding carboxylic acids is 10. The molecule has 5 aliphatic rings. The van der Waals surface area contributed by atoms with Gasteiger partial charge in [-0.05, 0) is 83.5 Å². The Morgan fingerprint density at radius 3 is 1.10 bits per heavy atom. The quantitative estimate of drug-likeness (QED) is 0.0203. The third-order valence-electron chi connectivity index (χ3n) is 14.9. The van der Waals surface area contributed by atoms with Crippen molar-refractivity contribution in [1.29, 1.82) is 0 Å². The summed E-state index contributed by atoms with van der Waals surface area (Å²) >= 11 is 1.31. The van der Waals surface area contributed by atoms with Crippen LogP contribution in [0.15, 0.2) is 260 Å². The molecule has 5 heterocycles. The van der Waals surface area contributed by atoms with Gasteiger partial charge in [0.2, 0.25) is 0 Å². The predicted molar refractivity (Wildman–Crippen MR) is 456 cm³/mol. The van der Waals surface area contributed by atoms with E-state index < -0.39 is 58.0 Å². The summed E-state index contributed by atoms with van der Waals surface area (Å²) in [6.45, 7) is 27.6. The minimum atomic E-state index is -6.30. The number of alkyl halides is 8. The Kier molecular flexibility index (Phi) is 55.7. The number of hydrogen-bond acceptors (Lipinski definition) is 14. The molecule has 0 bridgehead atoms. The molecule has 5 radical (unpaired) electrons. The first-order valence-corrected chi connectivity index (χ1v) is 36.9.